The first kappa shape index (κ1) is 11.2. The van der Waals surface area contributed by atoms with Gasteiger partial charge in [0, 0.05) is 0 Å². The summed E-state index contributed by atoms with van der Waals surface area (Å²) < 4.78 is 29.4. The van der Waals surface area contributed by atoms with Gasteiger partial charge in [0.25, 0.3) is 0 Å². The number of hydrogen-bond acceptors (Lipinski definition) is 4. The summed E-state index contributed by atoms with van der Waals surface area (Å²) in [7, 11) is 0. The zero-order valence-corrected chi connectivity index (χ0v) is 8.46. The Labute approximate surface area is 94.6 Å². The molecular weight excluding hydrogens is 232 g/mol. The number of nitrogens with zero attached hydrogens (tertiary/aromatic N) is 3. The number of alkyl halides is 2. The number of carbonyl (C=O) groups excluding carboxylic acids is 1. The number of ether oxygens (including phenoxy) is 1. The van der Waals surface area contributed by atoms with Crippen LogP contribution in [-0.4, -0.2) is 27.9 Å². The number of hydrogen-bond donors (Lipinski definition) is 0. The van der Waals surface area contributed by atoms with E-state index in [0.29, 0.717) is 12.0 Å². The minimum Gasteiger partial charge on any atom is -0.435 e. The fraction of sp³-hybridized carbons (Fsp3) is 0.100. The number of aromatic nitrogens is 3. The smallest absolute Gasteiger partial charge is 0.387 e. The molecule has 0 N–H and O–H groups in total. The molecule has 0 atom stereocenters. The number of aldehydes is 1. The highest BCUT2D eigenvalue weighted by molar-refractivity contribution is 5.70. The van der Waals surface area contributed by atoms with Gasteiger partial charge in [-0.25, -0.2) is 4.68 Å². The van der Waals surface area contributed by atoms with Crippen LogP contribution in [0.15, 0.2) is 30.5 Å². The monoisotopic (exact) mass is 239 g/mol. The topological polar surface area (TPSA) is 57.0 Å². The van der Waals surface area contributed by atoms with Crippen molar-refractivity contribution in [3.05, 3.63) is 36.2 Å². The van der Waals surface area contributed by atoms with Crippen molar-refractivity contribution in [1.29, 1.82) is 0 Å². The minimum absolute atomic E-state index is 0.0551. The maximum absolute atomic E-state index is 11.9. The molecule has 0 aliphatic heterocycles. The van der Waals surface area contributed by atoms with Crippen molar-refractivity contribution in [3.8, 4) is 11.4 Å². The quantitative estimate of drug-likeness (QED) is 0.761. The first-order valence-electron chi connectivity index (χ1n) is 4.62. The fourth-order valence-corrected chi connectivity index (χ4v) is 1.24. The predicted octanol–water partition coefficient (Wildman–Crippen LogP) is 1.68. The second-order valence-electron chi connectivity index (χ2n) is 3.08. The van der Waals surface area contributed by atoms with Gasteiger partial charge in [-0.2, -0.15) is 8.78 Å². The maximum Gasteiger partial charge on any atom is 0.387 e. The molecule has 0 saturated carbocycles. The average Bonchev–Trinajstić information content (AvgIpc) is 2.78. The summed E-state index contributed by atoms with van der Waals surface area (Å²) >= 11 is 0. The molecule has 7 heteroatoms. The molecule has 5 nitrogen and oxygen atoms in total. The van der Waals surface area contributed by atoms with Crippen molar-refractivity contribution in [2.75, 3.05) is 0 Å². The molecule has 1 aromatic heterocycles. The van der Waals surface area contributed by atoms with E-state index in [2.05, 4.69) is 15.0 Å². The lowest BCUT2D eigenvalue weighted by Crippen LogP contribution is -2.02. The van der Waals surface area contributed by atoms with E-state index in [0.717, 1.165) is 0 Å². The van der Waals surface area contributed by atoms with Gasteiger partial charge in [0.1, 0.15) is 11.4 Å². The minimum atomic E-state index is -2.85. The van der Waals surface area contributed by atoms with Gasteiger partial charge in [0.2, 0.25) is 0 Å². The van der Waals surface area contributed by atoms with Crippen LogP contribution in [0.4, 0.5) is 8.78 Å². The van der Waals surface area contributed by atoms with Gasteiger partial charge in [-0.1, -0.05) is 5.21 Å². The van der Waals surface area contributed by atoms with Crippen molar-refractivity contribution in [3.63, 3.8) is 0 Å². The molecule has 2 rings (SSSR count). The normalized spacial score (nSPS) is 10.5. The first-order valence-corrected chi connectivity index (χ1v) is 4.62. The van der Waals surface area contributed by atoms with Crippen LogP contribution >= 0.6 is 0 Å². The van der Waals surface area contributed by atoms with E-state index >= 15 is 0 Å². The van der Waals surface area contributed by atoms with E-state index in [9.17, 15) is 13.6 Å². The molecular formula is C10H7F2N3O2. The Kier molecular flexibility index (Phi) is 3.08. The summed E-state index contributed by atoms with van der Waals surface area (Å²) in [6, 6.07) is 5.81. The van der Waals surface area contributed by atoms with Gasteiger partial charge in [-0.05, 0) is 24.3 Å². The van der Waals surface area contributed by atoms with Crippen molar-refractivity contribution in [1.82, 2.24) is 15.0 Å². The molecule has 0 radical (unpaired) electrons. The summed E-state index contributed by atoms with van der Waals surface area (Å²) in [6.07, 6.45) is 1.99. The second kappa shape index (κ2) is 4.69. The van der Waals surface area contributed by atoms with Crippen LogP contribution in [-0.2, 0) is 0 Å². The number of rotatable bonds is 4. The summed E-state index contributed by atoms with van der Waals surface area (Å²) in [6.45, 7) is -2.85. The molecule has 0 aliphatic rings. The van der Waals surface area contributed by atoms with Gasteiger partial charge in [-0.15, -0.1) is 5.10 Å². The third-order valence-electron chi connectivity index (χ3n) is 1.96. The van der Waals surface area contributed by atoms with Crippen molar-refractivity contribution < 1.29 is 18.3 Å². The largest absolute Gasteiger partial charge is 0.435 e. The van der Waals surface area contributed by atoms with E-state index in [1.165, 1.54) is 35.1 Å². The molecule has 0 amide bonds. The van der Waals surface area contributed by atoms with Crippen LogP contribution in [0.2, 0.25) is 0 Å². The molecule has 0 aliphatic carbocycles. The van der Waals surface area contributed by atoms with Crippen molar-refractivity contribution in [2.45, 2.75) is 6.61 Å². The molecule has 1 aromatic carbocycles. The lowest BCUT2D eigenvalue weighted by Gasteiger charge is -2.05. The molecule has 17 heavy (non-hydrogen) atoms. The van der Waals surface area contributed by atoms with E-state index in [1.807, 2.05) is 0 Å². The molecule has 2 aromatic rings. The highest BCUT2D eigenvalue weighted by Gasteiger charge is 2.05. The molecule has 0 unspecified atom stereocenters. The SMILES string of the molecule is O=Cc1cn(-c2ccc(OC(F)F)cc2)nn1. The van der Waals surface area contributed by atoms with Gasteiger partial charge in [0.15, 0.2) is 6.29 Å². The molecule has 0 bridgehead atoms. The number of halogens is 2. The van der Waals surface area contributed by atoms with Crippen LogP contribution in [0.5, 0.6) is 5.75 Å². The average molecular weight is 239 g/mol. The highest BCUT2D eigenvalue weighted by atomic mass is 19.3. The molecule has 0 fully saturated rings. The molecule has 1 heterocycles. The Morgan fingerprint density at radius 2 is 2.00 bits per heavy atom. The van der Waals surface area contributed by atoms with Gasteiger partial charge < -0.3 is 4.74 Å². The van der Waals surface area contributed by atoms with Crippen molar-refractivity contribution >= 4 is 6.29 Å². The Bertz CT molecular complexity index is 511. The molecule has 0 spiro atoms. The molecule has 88 valence electrons. The Morgan fingerprint density at radius 1 is 1.29 bits per heavy atom. The fourth-order valence-electron chi connectivity index (χ4n) is 1.24. The number of benzene rings is 1. The third-order valence-corrected chi connectivity index (χ3v) is 1.96. The predicted molar refractivity (Wildman–Crippen MR) is 53.4 cm³/mol. The Balaban J connectivity index is 2.19. The van der Waals surface area contributed by atoms with Crippen LogP contribution < -0.4 is 4.74 Å². The summed E-state index contributed by atoms with van der Waals surface area (Å²) in [5, 5.41) is 7.27. The van der Waals surface area contributed by atoms with Crippen molar-refractivity contribution in [2.24, 2.45) is 0 Å². The van der Waals surface area contributed by atoms with E-state index < -0.39 is 6.61 Å². The van der Waals surface area contributed by atoms with E-state index in [4.69, 9.17) is 0 Å². The van der Waals surface area contributed by atoms with Gasteiger partial charge in [0.05, 0.1) is 11.9 Å². The summed E-state index contributed by atoms with van der Waals surface area (Å²) in [4.78, 5) is 10.4. The zero-order valence-electron chi connectivity index (χ0n) is 8.46. The third kappa shape index (κ3) is 2.63. The first-order chi connectivity index (χ1) is 8.19. The highest BCUT2D eigenvalue weighted by Crippen LogP contribution is 2.16. The lowest BCUT2D eigenvalue weighted by molar-refractivity contribution is -0.0498. The Hall–Kier alpha value is -2.31. The van der Waals surface area contributed by atoms with Crippen LogP contribution in [0.25, 0.3) is 5.69 Å². The van der Waals surface area contributed by atoms with Crippen LogP contribution in [0, 0.1) is 0 Å². The lowest BCUT2D eigenvalue weighted by atomic mass is 10.3. The number of carbonyl (C=O) groups is 1. The van der Waals surface area contributed by atoms with Gasteiger partial charge in [-0.3, -0.25) is 4.79 Å². The standard InChI is InChI=1S/C10H7F2N3O2/c11-10(12)17-9-3-1-8(2-4-9)15-5-7(6-16)13-14-15/h1-6,10H. The van der Waals surface area contributed by atoms with Crippen LogP contribution in [0.1, 0.15) is 10.5 Å². The van der Waals surface area contributed by atoms with E-state index in [-0.39, 0.29) is 11.4 Å². The second-order valence-corrected chi connectivity index (χ2v) is 3.08. The molecule has 0 saturated heterocycles. The van der Waals surface area contributed by atoms with Crippen LogP contribution in [0.3, 0.4) is 0 Å². The maximum atomic E-state index is 11.9. The summed E-state index contributed by atoms with van der Waals surface area (Å²) in [5.41, 5.74) is 0.783. The zero-order chi connectivity index (χ0) is 12.3. The van der Waals surface area contributed by atoms with E-state index in [1.54, 1.807) is 0 Å². The Morgan fingerprint density at radius 3 is 2.53 bits per heavy atom. The summed E-state index contributed by atoms with van der Waals surface area (Å²) in [5.74, 6) is 0.0551. The van der Waals surface area contributed by atoms with Gasteiger partial charge >= 0.3 is 6.61 Å².